The lowest BCUT2D eigenvalue weighted by atomic mass is 10.1. The number of carbonyl (C=O) groups is 3. The van der Waals surface area contributed by atoms with Crippen molar-refractivity contribution in [3.05, 3.63) is 64.1 Å². The molecule has 0 saturated heterocycles. The van der Waals surface area contributed by atoms with Crippen molar-refractivity contribution in [2.24, 2.45) is 0 Å². The average Bonchev–Trinajstić information content (AvgIpc) is 2.54. The zero-order valence-corrected chi connectivity index (χ0v) is 13.0. The van der Waals surface area contributed by atoms with Gasteiger partial charge in [0.1, 0.15) is 0 Å². The van der Waals surface area contributed by atoms with E-state index in [9.17, 15) is 14.4 Å². The molecule has 0 fully saturated rings. The second-order valence-electron chi connectivity index (χ2n) is 4.35. The summed E-state index contributed by atoms with van der Waals surface area (Å²) in [4.78, 5) is 34.0. The fraction of sp³-hybridized carbons (Fsp3) is 0.0625. The van der Waals surface area contributed by atoms with E-state index in [-0.39, 0.29) is 12.4 Å². The smallest absolute Gasteiger partial charge is 0.338 e. The minimum absolute atomic E-state index is 0.278. The quantitative estimate of drug-likeness (QED) is 0.487. The molecule has 1 amide bonds. The van der Waals surface area contributed by atoms with Gasteiger partial charge in [-0.1, -0.05) is 28.1 Å². The van der Waals surface area contributed by atoms with Crippen LogP contribution in [0.4, 0.5) is 5.69 Å². The molecule has 112 valence electrons. The molecule has 0 aliphatic rings. The fourth-order valence-electron chi connectivity index (χ4n) is 1.70. The van der Waals surface area contributed by atoms with E-state index in [2.05, 4.69) is 21.2 Å². The third-order valence-electron chi connectivity index (χ3n) is 2.85. The maximum absolute atomic E-state index is 11.9. The van der Waals surface area contributed by atoms with Crippen LogP contribution < -0.4 is 5.32 Å². The van der Waals surface area contributed by atoms with Crippen molar-refractivity contribution in [1.82, 2.24) is 0 Å². The van der Waals surface area contributed by atoms with E-state index in [4.69, 9.17) is 4.74 Å². The monoisotopic (exact) mass is 361 g/mol. The Morgan fingerprint density at radius 1 is 1.00 bits per heavy atom. The highest BCUT2D eigenvalue weighted by molar-refractivity contribution is 9.10. The molecule has 0 atom stereocenters. The number of esters is 1. The van der Waals surface area contributed by atoms with E-state index in [0.29, 0.717) is 23.2 Å². The van der Waals surface area contributed by atoms with Crippen molar-refractivity contribution < 1.29 is 19.1 Å². The van der Waals surface area contributed by atoms with E-state index < -0.39 is 5.97 Å². The number of amides is 1. The number of ketones is 1. The van der Waals surface area contributed by atoms with Gasteiger partial charge in [-0.25, -0.2) is 4.79 Å². The minimum atomic E-state index is -0.594. The van der Waals surface area contributed by atoms with Crippen LogP contribution in [-0.4, -0.2) is 24.8 Å². The predicted octanol–water partition coefficient (Wildman–Crippen LogP) is 3.06. The number of nitrogens with one attached hydrogen (secondary N) is 1. The molecule has 0 saturated carbocycles. The first kappa shape index (κ1) is 15.9. The number of Topliss-reactive ketones (excluding diaryl/α,β-unsaturated/α-hetero) is 1. The molecule has 0 aliphatic carbocycles. The van der Waals surface area contributed by atoms with Gasteiger partial charge in [0.25, 0.3) is 0 Å². The fourth-order valence-corrected chi connectivity index (χ4v) is 1.97. The molecule has 5 nitrogen and oxygen atoms in total. The summed E-state index contributed by atoms with van der Waals surface area (Å²) in [6.45, 7) is -0.325. The first-order chi connectivity index (χ1) is 10.6. The molecule has 0 spiro atoms. The minimum Gasteiger partial charge on any atom is -0.454 e. The average molecular weight is 362 g/mol. The molecular formula is C16H12BrNO4. The molecule has 6 heteroatoms. The van der Waals surface area contributed by atoms with Gasteiger partial charge < -0.3 is 10.1 Å². The SMILES string of the molecule is O=CNc1ccc(C(=O)OCC(=O)c2ccc(Br)cc2)cc1. The van der Waals surface area contributed by atoms with Crippen LogP contribution in [0.2, 0.25) is 0 Å². The topological polar surface area (TPSA) is 72.5 Å². The molecule has 0 unspecified atom stereocenters. The standard InChI is InChI=1S/C16H12BrNO4/c17-13-5-1-11(2-6-13)15(20)9-22-16(21)12-3-7-14(8-4-12)18-10-19/h1-8,10H,9H2,(H,18,19). The van der Waals surface area contributed by atoms with Crippen molar-refractivity contribution in [1.29, 1.82) is 0 Å². The molecule has 2 aromatic rings. The highest BCUT2D eigenvalue weighted by atomic mass is 79.9. The Balaban J connectivity index is 1.93. The largest absolute Gasteiger partial charge is 0.454 e. The van der Waals surface area contributed by atoms with Gasteiger partial charge in [0.15, 0.2) is 12.4 Å². The van der Waals surface area contributed by atoms with Crippen molar-refractivity contribution in [2.45, 2.75) is 0 Å². The Morgan fingerprint density at radius 3 is 2.18 bits per heavy atom. The van der Waals surface area contributed by atoms with Crippen molar-refractivity contribution in [3.63, 3.8) is 0 Å². The number of hydrogen-bond acceptors (Lipinski definition) is 4. The zero-order chi connectivity index (χ0) is 15.9. The third-order valence-corrected chi connectivity index (χ3v) is 3.38. The number of rotatable bonds is 6. The Labute approximate surface area is 135 Å². The highest BCUT2D eigenvalue weighted by Gasteiger charge is 2.11. The Morgan fingerprint density at radius 2 is 1.59 bits per heavy atom. The molecule has 2 aromatic carbocycles. The maximum atomic E-state index is 11.9. The molecule has 0 aliphatic heterocycles. The highest BCUT2D eigenvalue weighted by Crippen LogP contribution is 2.12. The Kier molecular flexibility index (Phi) is 5.43. The number of ether oxygens (including phenoxy) is 1. The molecule has 1 N–H and O–H groups in total. The molecule has 0 aromatic heterocycles. The van der Waals surface area contributed by atoms with Gasteiger partial charge in [0.05, 0.1) is 5.56 Å². The lowest BCUT2D eigenvalue weighted by Crippen LogP contribution is -2.14. The van der Waals surface area contributed by atoms with E-state index >= 15 is 0 Å². The summed E-state index contributed by atoms with van der Waals surface area (Å²) in [5, 5.41) is 2.46. The molecule has 0 radical (unpaired) electrons. The summed E-state index contributed by atoms with van der Waals surface area (Å²) in [6, 6.07) is 13.0. The van der Waals surface area contributed by atoms with E-state index in [0.717, 1.165) is 4.47 Å². The van der Waals surface area contributed by atoms with Crippen molar-refractivity contribution in [2.75, 3.05) is 11.9 Å². The molecule has 22 heavy (non-hydrogen) atoms. The number of carbonyl (C=O) groups excluding carboxylic acids is 3. The van der Waals surface area contributed by atoms with E-state index in [1.165, 1.54) is 12.1 Å². The van der Waals surface area contributed by atoms with Gasteiger partial charge in [0.2, 0.25) is 6.41 Å². The molecular weight excluding hydrogens is 350 g/mol. The molecule has 0 bridgehead atoms. The predicted molar refractivity (Wildman–Crippen MR) is 84.9 cm³/mol. The van der Waals surface area contributed by atoms with E-state index in [1.54, 1.807) is 36.4 Å². The van der Waals surface area contributed by atoms with Crippen molar-refractivity contribution >= 4 is 39.8 Å². The molecule has 0 heterocycles. The zero-order valence-electron chi connectivity index (χ0n) is 11.4. The number of benzene rings is 2. The Bertz CT molecular complexity index is 680. The summed E-state index contributed by atoms with van der Waals surface area (Å²) in [5.41, 5.74) is 1.35. The second-order valence-corrected chi connectivity index (χ2v) is 5.26. The maximum Gasteiger partial charge on any atom is 0.338 e. The number of hydrogen-bond donors (Lipinski definition) is 1. The van der Waals surface area contributed by atoms with Gasteiger partial charge in [-0.2, -0.15) is 0 Å². The van der Waals surface area contributed by atoms with Gasteiger partial charge in [0, 0.05) is 15.7 Å². The Hall–Kier alpha value is -2.47. The van der Waals surface area contributed by atoms with Gasteiger partial charge >= 0.3 is 5.97 Å². The van der Waals surface area contributed by atoms with Gasteiger partial charge in [-0.3, -0.25) is 9.59 Å². The molecule has 2 rings (SSSR count). The van der Waals surface area contributed by atoms with Crippen LogP contribution in [0.5, 0.6) is 0 Å². The van der Waals surface area contributed by atoms with Gasteiger partial charge in [-0.05, 0) is 36.4 Å². The first-order valence-corrected chi connectivity index (χ1v) is 7.15. The lowest BCUT2D eigenvalue weighted by Gasteiger charge is -2.05. The van der Waals surface area contributed by atoms with Crippen LogP contribution in [-0.2, 0) is 9.53 Å². The summed E-state index contributed by atoms with van der Waals surface area (Å²) in [6.07, 6.45) is 0.546. The summed E-state index contributed by atoms with van der Waals surface area (Å²) in [7, 11) is 0. The normalized spacial score (nSPS) is 9.86. The van der Waals surface area contributed by atoms with Crippen LogP contribution in [0, 0.1) is 0 Å². The van der Waals surface area contributed by atoms with Crippen LogP contribution in [0.25, 0.3) is 0 Å². The summed E-state index contributed by atoms with van der Waals surface area (Å²) >= 11 is 3.28. The second kappa shape index (κ2) is 7.51. The number of anilines is 1. The first-order valence-electron chi connectivity index (χ1n) is 6.36. The number of halogens is 1. The summed E-state index contributed by atoms with van der Waals surface area (Å²) < 4.78 is 5.85. The van der Waals surface area contributed by atoms with E-state index in [1.807, 2.05) is 0 Å². The van der Waals surface area contributed by atoms with Gasteiger partial charge in [-0.15, -0.1) is 0 Å². The van der Waals surface area contributed by atoms with Crippen molar-refractivity contribution in [3.8, 4) is 0 Å². The van der Waals surface area contributed by atoms with Crippen LogP contribution in [0.15, 0.2) is 53.0 Å². The van der Waals surface area contributed by atoms with Crippen LogP contribution >= 0.6 is 15.9 Å². The third kappa shape index (κ3) is 4.26. The van der Waals surface area contributed by atoms with Crippen LogP contribution in [0.1, 0.15) is 20.7 Å². The summed E-state index contributed by atoms with van der Waals surface area (Å²) in [5.74, 6) is -0.872. The lowest BCUT2D eigenvalue weighted by molar-refractivity contribution is -0.105. The van der Waals surface area contributed by atoms with Crippen LogP contribution in [0.3, 0.4) is 0 Å².